The molecule has 0 unspecified atom stereocenters. The van der Waals surface area contributed by atoms with E-state index < -0.39 is 0 Å². The maximum atomic E-state index is 8.86. The molecule has 2 fully saturated rings. The van der Waals surface area contributed by atoms with E-state index in [4.69, 9.17) is 21.6 Å². The molecular formula is C15H17ClN2O. The number of piperidine rings is 1. The highest BCUT2D eigenvalue weighted by Gasteiger charge is 2.39. The molecule has 0 amide bonds. The fourth-order valence-electron chi connectivity index (χ4n) is 3.31. The lowest BCUT2D eigenvalue weighted by Crippen LogP contribution is -2.43. The molecular weight excluding hydrogens is 260 g/mol. The summed E-state index contributed by atoms with van der Waals surface area (Å²) in [6, 6.07) is 8.70. The van der Waals surface area contributed by atoms with Gasteiger partial charge in [-0.15, -0.1) is 0 Å². The van der Waals surface area contributed by atoms with Crippen LogP contribution in [0.4, 0.5) is 0 Å². The zero-order valence-corrected chi connectivity index (χ0v) is 11.7. The molecule has 2 aliphatic heterocycles. The number of benzene rings is 1. The molecule has 0 N–H and O–H groups in total. The normalized spacial score (nSPS) is 30.1. The lowest BCUT2D eigenvalue weighted by molar-refractivity contribution is 0.0662. The van der Waals surface area contributed by atoms with Crippen LogP contribution in [0.2, 0.25) is 5.02 Å². The van der Waals surface area contributed by atoms with Crippen LogP contribution in [-0.2, 0) is 0 Å². The number of halogens is 1. The lowest BCUT2D eigenvalue weighted by atomic mass is 10.0. The number of hydrogen-bond acceptors (Lipinski definition) is 3. The molecule has 19 heavy (non-hydrogen) atoms. The maximum absolute atomic E-state index is 8.86. The van der Waals surface area contributed by atoms with Gasteiger partial charge in [0.1, 0.15) is 17.9 Å². The molecule has 4 heteroatoms. The Morgan fingerprint density at radius 1 is 1.32 bits per heavy atom. The van der Waals surface area contributed by atoms with Crippen LogP contribution in [0.3, 0.4) is 0 Å². The second-order valence-corrected chi connectivity index (χ2v) is 5.92. The molecule has 0 aliphatic carbocycles. The molecule has 2 bridgehead atoms. The standard InChI is InChI=1S/C15H17ClN2O/c1-18-11-3-4-12(18)7-14(6-11)19-13-5-2-10(9-17)15(16)8-13/h2,5,8,11-12,14H,3-4,6-7H2,1H3/t11-,12+,14-. The van der Waals surface area contributed by atoms with Crippen molar-refractivity contribution in [3.63, 3.8) is 0 Å². The van der Waals surface area contributed by atoms with E-state index in [9.17, 15) is 0 Å². The first-order valence-corrected chi connectivity index (χ1v) is 7.13. The van der Waals surface area contributed by atoms with Crippen molar-refractivity contribution in [3.05, 3.63) is 28.8 Å². The number of nitriles is 1. The van der Waals surface area contributed by atoms with Crippen LogP contribution in [-0.4, -0.2) is 30.1 Å². The average molecular weight is 277 g/mol. The Kier molecular flexibility index (Phi) is 3.38. The second-order valence-electron chi connectivity index (χ2n) is 5.52. The van der Waals surface area contributed by atoms with Gasteiger partial charge in [-0.2, -0.15) is 5.26 Å². The van der Waals surface area contributed by atoms with Crippen molar-refractivity contribution in [3.8, 4) is 11.8 Å². The summed E-state index contributed by atoms with van der Waals surface area (Å²) in [5, 5.41) is 9.33. The molecule has 2 saturated heterocycles. The smallest absolute Gasteiger partial charge is 0.121 e. The third-order valence-electron chi connectivity index (χ3n) is 4.42. The molecule has 1 aromatic rings. The molecule has 0 aromatic heterocycles. The fraction of sp³-hybridized carbons (Fsp3) is 0.533. The second kappa shape index (κ2) is 5.03. The summed E-state index contributed by atoms with van der Waals surface area (Å²) in [5.74, 6) is 0.776. The van der Waals surface area contributed by atoms with Crippen molar-refractivity contribution in [2.75, 3.05) is 7.05 Å². The van der Waals surface area contributed by atoms with Gasteiger partial charge in [-0.1, -0.05) is 11.6 Å². The first-order chi connectivity index (χ1) is 9.17. The first kappa shape index (κ1) is 12.8. The molecule has 2 aliphatic rings. The number of fused-ring (bicyclic) bond motifs is 2. The summed E-state index contributed by atoms with van der Waals surface area (Å²) < 4.78 is 6.04. The highest BCUT2D eigenvalue weighted by Crippen LogP contribution is 2.36. The minimum atomic E-state index is 0.276. The van der Waals surface area contributed by atoms with Gasteiger partial charge in [0.2, 0.25) is 0 Å². The van der Waals surface area contributed by atoms with Crippen molar-refractivity contribution in [1.29, 1.82) is 5.26 Å². The van der Waals surface area contributed by atoms with Gasteiger partial charge in [-0.05, 0) is 44.9 Å². The van der Waals surface area contributed by atoms with Crippen LogP contribution in [0.15, 0.2) is 18.2 Å². The van der Waals surface area contributed by atoms with Gasteiger partial charge in [0.05, 0.1) is 10.6 Å². The molecule has 3 nitrogen and oxygen atoms in total. The Balaban J connectivity index is 1.70. The highest BCUT2D eigenvalue weighted by molar-refractivity contribution is 6.31. The zero-order chi connectivity index (χ0) is 13.4. The summed E-state index contributed by atoms with van der Waals surface area (Å²) in [7, 11) is 2.22. The molecule has 3 rings (SSSR count). The highest BCUT2D eigenvalue weighted by atomic mass is 35.5. The Bertz CT molecular complexity index is 511. The lowest BCUT2D eigenvalue weighted by Gasteiger charge is -2.36. The topological polar surface area (TPSA) is 36.3 Å². The van der Waals surface area contributed by atoms with E-state index >= 15 is 0 Å². The molecule has 3 atom stereocenters. The Hall–Kier alpha value is -1.24. The quantitative estimate of drug-likeness (QED) is 0.832. The van der Waals surface area contributed by atoms with Crippen LogP contribution in [0, 0.1) is 11.3 Å². The zero-order valence-electron chi connectivity index (χ0n) is 11.0. The van der Waals surface area contributed by atoms with E-state index in [2.05, 4.69) is 18.0 Å². The summed E-state index contributed by atoms with van der Waals surface area (Å²) in [6.07, 6.45) is 5.03. The van der Waals surface area contributed by atoms with Gasteiger partial charge >= 0.3 is 0 Å². The van der Waals surface area contributed by atoms with Gasteiger partial charge in [0, 0.05) is 18.2 Å². The number of nitrogens with zero attached hydrogens (tertiary/aromatic N) is 2. The van der Waals surface area contributed by atoms with E-state index in [0.717, 1.165) is 18.6 Å². The summed E-state index contributed by atoms with van der Waals surface area (Å²) >= 11 is 6.03. The molecule has 0 radical (unpaired) electrons. The van der Waals surface area contributed by atoms with Crippen LogP contribution in [0.1, 0.15) is 31.2 Å². The molecule has 0 saturated carbocycles. The van der Waals surface area contributed by atoms with E-state index in [-0.39, 0.29) is 6.10 Å². The van der Waals surface area contributed by atoms with Crippen molar-refractivity contribution < 1.29 is 4.74 Å². The monoisotopic (exact) mass is 276 g/mol. The van der Waals surface area contributed by atoms with Crippen LogP contribution in [0.5, 0.6) is 5.75 Å². The van der Waals surface area contributed by atoms with Gasteiger partial charge in [-0.3, -0.25) is 0 Å². The minimum Gasteiger partial charge on any atom is -0.490 e. The number of rotatable bonds is 2. The summed E-state index contributed by atoms with van der Waals surface area (Å²) in [6.45, 7) is 0. The van der Waals surface area contributed by atoms with Crippen LogP contribution >= 0.6 is 11.6 Å². The molecule has 2 heterocycles. The van der Waals surface area contributed by atoms with Crippen molar-refractivity contribution in [2.45, 2.75) is 43.9 Å². The summed E-state index contributed by atoms with van der Waals surface area (Å²) in [4.78, 5) is 2.49. The minimum absolute atomic E-state index is 0.276. The van der Waals surface area contributed by atoms with Crippen LogP contribution in [0.25, 0.3) is 0 Å². The van der Waals surface area contributed by atoms with Crippen LogP contribution < -0.4 is 4.74 Å². The van der Waals surface area contributed by atoms with Gasteiger partial charge in [0.25, 0.3) is 0 Å². The van der Waals surface area contributed by atoms with Crippen molar-refractivity contribution in [1.82, 2.24) is 4.90 Å². The van der Waals surface area contributed by atoms with E-state index in [1.807, 2.05) is 6.07 Å². The van der Waals surface area contributed by atoms with Gasteiger partial charge < -0.3 is 9.64 Å². The van der Waals surface area contributed by atoms with Gasteiger partial charge in [0.15, 0.2) is 0 Å². The maximum Gasteiger partial charge on any atom is 0.121 e. The number of ether oxygens (including phenoxy) is 1. The number of hydrogen-bond donors (Lipinski definition) is 0. The SMILES string of the molecule is CN1[C@@H]2CC[C@H]1C[C@H](Oc1ccc(C#N)c(Cl)c1)C2. The Labute approximate surface area is 118 Å². The molecule has 100 valence electrons. The third kappa shape index (κ3) is 2.43. The largest absolute Gasteiger partial charge is 0.490 e. The van der Waals surface area contributed by atoms with Gasteiger partial charge in [-0.25, -0.2) is 0 Å². The molecule has 0 spiro atoms. The van der Waals surface area contributed by atoms with E-state index in [1.54, 1.807) is 12.1 Å². The molecule has 1 aromatic carbocycles. The average Bonchev–Trinajstić information content (AvgIpc) is 2.63. The predicted octanol–water partition coefficient (Wildman–Crippen LogP) is 3.22. The third-order valence-corrected chi connectivity index (χ3v) is 4.73. The van der Waals surface area contributed by atoms with E-state index in [0.29, 0.717) is 22.7 Å². The fourth-order valence-corrected chi connectivity index (χ4v) is 3.52. The van der Waals surface area contributed by atoms with Crippen molar-refractivity contribution >= 4 is 11.6 Å². The first-order valence-electron chi connectivity index (χ1n) is 6.75. The summed E-state index contributed by atoms with van der Waals surface area (Å²) in [5.41, 5.74) is 0.498. The van der Waals surface area contributed by atoms with E-state index in [1.165, 1.54) is 12.8 Å². The van der Waals surface area contributed by atoms with Crippen molar-refractivity contribution in [2.24, 2.45) is 0 Å². The Morgan fingerprint density at radius 3 is 2.58 bits per heavy atom. The predicted molar refractivity (Wildman–Crippen MR) is 74.4 cm³/mol. The Morgan fingerprint density at radius 2 is 2.00 bits per heavy atom.